The van der Waals surface area contributed by atoms with Crippen molar-refractivity contribution in [1.29, 1.82) is 0 Å². The molecule has 3 heterocycles. The molecule has 2 aromatic heterocycles. The van der Waals surface area contributed by atoms with E-state index in [9.17, 15) is 22.0 Å². The van der Waals surface area contributed by atoms with E-state index >= 15 is 4.39 Å². The second-order valence-electron chi connectivity index (χ2n) is 6.72. The van der Waals surface area contributed by atoms with Gasteiger partial charge in [-0.3, -0.25) is 9.52 Å². The number of ketones is 1. The molecule has 1 atom stereocenters. The van der Waals surface area contributed by atoms with Crippen LogP contribution < -0.4 is 4.72 Å². The van der Waals surface area contributed by atoms with Gasteiger partial charge < -0.3 is 4.98 Å². The second-order valence-corrected chi connectivity index (χ2v) is 9.30. The highest BCUT2D eigenvalue weighted by atomic mass is 79.9. The van der Waals surface area contributed by atoms with Gasteiger partial charge >= 0.3 is 10.2 Å². The lowest BCUT2D eigenvalue weighted by molar-refractivity contribution is 0.103. The van der Waals surface area contributed by atoms with Crippen LogP contribution in [0.25, 0.3) is 11.0 Å². The van der Waals surface area contributed by atoms with Crippen LogP contribution in [-0.2, 0) is 10.2 Å². The van der Waals surface area contributed by atoms with Gasteiger partial charge in [-0.1, -0.05) is 0 Å². The topological polar surface area (TPSA) is 95.2 Å². The monoisotopic (exact) mass is 502 g/mol. The molecule has 0 amide bonds. The third-order valence-electron chi connectivity index (χ3n) is 4.73. The first-order valence-electron chi connectivity index (χ1n) is 8.74. The fourth-order valence-electron chi connectivity index (χ4n) is 3.25. The number of nitrogens with zero attached hydrogens (tertiary/aromatic N) is 2. The molecule has 0 radical (unpaired) electrons. The Morgan fingerprint density at radius 3 is 2.80 bits per heavy atom. The van der Waals surface area contributed by atoms with Crippen molar-refractivity contribution >= 4 is 48.6 Å². The molecule has 0 saturated carbocycles. The number of benzene rings is 1. The number of rotatable bonds is 5. The SMILES string of the molecule is O=C(c1c(F)ccc(NS(=O)(=O)N2CC[C@@H](F)C2)c1F)c1c[nH]c2ncc(Br)cc12. The number of pyridine rings is 1. The number of hydrogen-bond donors (Lipinski definition) is 2. The summed E-state index contributed by atoms with van der Waals surface area (Å²) >= 11 is 3.22. The Morgan fingerprint density at radius 2 is 2.10 bits per heavy atom. The van der Waals surface area contributed by atoms with Gasteiger partial charge in [0.25, 0.3) is 0 Å². The van der Waals surface area contributed by atoms with Crippen molar-refractivity contribution in [3.05, 3.63) is 57.8 Å². The number of H-pyrrole nitrogens is 1. The van der Waals surface area contributed by atoms with Gasteiger partial charge in [-0.05, 0) is 40.5 Å². The van der Waals surface area contributed by atoms with E-state index < -0.39 is 45.0 Å². The predicted molar refractivity (Wildman–Crippen MR) is 107 cm³/mol. The van der Waals surface area contributed by atoms with Crippen LogP contribution >= 0.6 is 15.9 Å². The fourth-order valence-corrected chi connectivity index (χ4v) is 4.85. The van der Waals surface area contributed by atoms with Crippen molar-refractivity contribution in [2.24, 2.45) is 0 Å². The Hall–Kier alpha value is -2.44. The lowest BCUT2D eigenvalue weighted by Gasteiger charge is -2.18. The molecular formula is C18H14BrF3N4O3S. The quantitative estimate of drug-likeness (QED) is 0.521. The van der Waals surface area contributed by atoms with Gasteiger partial charge in [-0.25, -0.2) is 18.2 Å². The lowest BCUT2D eigenvalue weighted by Crippen LogP contribution is -2.34. The van der Waals surface area contributed by atoms with Crippen molar-refractivity contribution in [3.63, 3.8) is 0 Å². The van der Waals surface area contributed by atoms with E-state index in [2.05, 4.69) is 25.9 Å². The van der Waals surface area contributed by atoms with Crippen LogP contribution in [0, 0.1) is 11.6 Å². The number of carbonyl (C=O) groups excluding carboxylic acids is 1. The van der Waals surface area contributed by atoms with E-state index in [-0.39, 0.29) is 25.1 Å². The molecule has 158 valence electrons. The molecule has 0 bridgehead atoms. The van der Waals surface area contributed by atoms with Crippen LogP contribution in [0.15, 0.2) is 35.1 Å². The van der Waals surface area contributed by atoms with Gasteiger partial charge in [0, 0.05) is 40.9 Å². The highest BCUT2D eigenvalue weighted by Crippen LogP contribution is 2.29. The van der Waals surface area contributed by atoms with Crippen molar-refractivity contribution in [2.45, 2.75) is 12.6 Å². The molecule has 1 fully saturated rings. The zero-order chi connectivity index (χ0) is 21.6. The number of fused-ring (bicyclic) bond motifs is 1. The summed E-state index contributed by atoms with van der Waals surface area (Å²) in [6.45, 7) is -0.427. The Balaban J connectivity index is 1.72. The molecule has 30 heavy (non-hydrogen) atoms. The fraction of sp³-hybridized carbons (Fsp3) is 0.222. The second kappa shape index (κ2) is 7.67. The van der Waals surface area contributed by atoms with Crippen molar-refractivity contribution < 1.29 is 26.4 Å². The normalized spacial score (nSPS) is 17.5. The molecule has 1 saturated heterocycles. The van der Waals surface area contributed by atoms with Gasteiger partial charge in [-0.15, -0.1) is 0 Å². The summed E-state index contributed by atoms with van der Waals surface area (Å²) in [5.74, 6) is -3.50. The summed E-state index contributed by atoms with van der Waals surface area (Å²) in [6.07, 6.45) is 1.48. The standard InChI is InChI=1S/C18H14BrF3N4O3S/c19-9-5-11-12(7-24-18(11)23-6-9)17(27)15-13(21)1-2-14(16(15)22)25-30(28,29)26-4-3-10(20)8-26/h1-2,5-7,10,25H,3-4,8H2,(H,23,24)/t10-/m1/s1. The Morgan fingerprint density at radius 1 is 1.33 bits per heavy atom. The molecule has 4 rings (SSSR count). The van der Waals surface area contributed by atoms with Gasteiger partial charge in [0.1, 0.15) is 17.6 Å². The van der Waals surface area contributed by atoms with Crippen LogP contribution in [-0.4, -0.2) is 47.7 Å². The largest absolute Gasteiger partial charge is 0.345 e. The molecule has 0 aliphatic carbocycles. The molecule has 3 aromatic rings. The zero-order valence-corrected chi connectivity index (χ0v) is 17.5. The molecule has 12 heteroatoms. The molecule has 1 aromatic carbocycles. The predicted octanol–water partition coefficient (Wildman–Crippen LogP) is 3.54. The summed E-state index contributed by atoms with van der Waals surface area (Å²) < 4.78 is 70.9. The maximum Gasteiger partial charge on any atom is 0.301 e. The highest BCUT2D eigenvalue weighted by molar-refractivity contribution is 9.10. The van der Waals surface area contributed by atoms with Crippen molar-refractivity contribution in [1.82, 2.24) is 14.3 Å². The molecule has 1 aliphatic rings. The number of nitrogens with one attached hydrogen (secondary N) is 2. The summed E-state index contributed by atoms with van der Waals surface area (Å²) in [4.78, 5) is 19.7. The van der Waals surface area contributed by atoms with E-state index in [0.717, 1.165) is 16.4 Å². The first-order chi connectivity index (χ1) is 14.2. The number of hydrogen-bond acceptors (Lipinski definition) is 4. The first-order valence-corrected chi connectivity index (χ1v) is 11.0. The summed E-state index contributed by atoms with van der Waals surface area (Å²) in [5, 5.41) is 0.338. The van der Waals surface area contributed by atoms with Crippen LogP contribution in [0.2, 0.25) is 0 Å². The van der Waals surface area contributed by atoms with E-state index in [1.54, 1.807) is 6.07 Å². The van der Waals surface area contributed by atoms with Crippen molar-refractivity contribution in [2.75, 3.05) is 17.8 Å². The number of halogens is 4. The van der Waals surface area contributed by atoms with E-state index in [0.29, 0.717) is 15.5 Å². The van der Waals surface area contributed by atoms with Crippen LogP contribution in [0.4, 0.5) is 18.9 Å². The third kappa shape index (κ3) is 3.70. The molecular weight excluding hydrogens is 489 g/mol. The Bertz CT molecular complexity index is 1270. The molecule has 7 nitrogen and oxygen atoms in total. The first kappa shape index (κ1) is 20.8. The maximum absolute atomic E-state index is 15.0. The van der Waals surface area contributed by atoms with Crippen LogP contribution in [0.3, 0.4) is 0 Å². The molecule has 1 aliphatic heterocycles. The van der Waals surface area contributed by atoms with E-state index in [1.165, 1.54) is 12.4 Å². The Kier molecular flexibility index (Phi) is 5.32. The number of anilines is 1. The average molecular weight is 503 g/mol. The van der Waals surface area contributed by atoms with Crippen LogP contribution in [0.1, 0.15) is 22.3 Å². The minimum Gasteiger partial charge on any atom is -0.345 e. The Labute approximate surface area is 177 Å². The van der Waals surface area contributed by atoms with Gasteiger partial charge in [0.2, 0.25) is 5.78 Å². The molecule has 0 spiro atoms. The molecule has 0 unspecified atom stereocenters. The summed E-state index contributed by atoms with van der Waals surface area (Å²) in [7, 11) is -4.27. The number of aromatic amines is 1. The van der Waals surface area contributed by atoms with Gasteiger partial charge in [-0.2, -0.15) is 12.7 Å². The summed E-state index contributed by atoms with van der Waals surface area (Å²) in [5.41, 5.74) is -1.22. The minimum absolute atomic E-state index is 0.0285. The smallest absolute Gasteiger partial charge is 0.301 e. The average Bonchev–Trinajstić information content (AvgIpc) is 3.30. The van der Waals surface area contributed by atoms with E-state index in [1.807, 2.05) is 4.72 Å². The van der Waals surface area contributed by atoms with Gasteiger partial charge in [0.15, 0.2) is 5.82 Å². The lowest BCUT2D eigenvalue weighted by atomic mass is 10.0. The highest BCUT2D eigenvalue weighted by Gasteiger charge is 2.33. The molecule has 2 N–H and O–H groups in total. The maximum atomic E-state index is 15.0. The number of alkyl halides is 1. The minimum atomic E-state index is -4.27. The van der Waals surface area contributed by atoms with Crippen LogP contribution in [0.5, 0.6) is 0 Å². The van der Waals surface area contributed by atoms with Gasteiger partial charge in [0.05, 0.1) is 11.3 Å². The zero-order valence-electron chi connectivity index (χ0n) is 15.1. The number of aromatic nitrogens is 2. The third-order valence-corrected chi connectivity index (χ3v) is 6.66. The van der Waals surface area contributed by atoms with Crippen molar-refractivity contribution in [3.8, 4) is 0 Å². The summed E-state index contributed by atoms with van der Waals surface area (Å²) in [6, 6.07) is 3.23. The number of carbonyl (C=O) groups is 1. The van der Waals surface area contributed by atoms with E-state index in [4.69, 9.17) is 0 Å².